The molecule has 1 aliphatic rings. The van der Waals surface area contributed by atoms with E-state index in [9.17, 15) is 4.79 Å². The van der Waals surface area contributed by atoms with E-state index in [0.717, 1.165) is 12.8 Å². The number of ether oxygens (including phenoxy) is 1. The molecule has 0 saturated carbocycles. The largest absolute Gasteiger partial charge is 0.476 e. The van der Waals surface area contributed by atoms with Gasteiger partial charge in [0, 0.05) is 18.8 Å². The van der Waals surface area contributed by atoms with Crippen molar-refractivity contribution in [2.24, 2.45) is 0 Å². The number of hydrogen-bond donors (Lipinski definition) is 2. The Morgan fingerprint density at radius 3 is 2.78 bits per heavy atom. The molecule has 0 radical (unpaired) electrons. The van der Waals surface area contributed by atoms with Gasteiger partial charge in [0.1, 0.15) is 5.82 Å². The van der Waals surface area contributed by atoms with E-state index in [4.69, 9.17) is 21.4 Å². The molecule has 0 aliphatic carbocycles. The Morgan fingerprint density at radius 1 is 1.50 bits per heavy atom. The first-order valence-corrected chi connectivity index (χ1v) is 6.14. The van der Waals surface area contributed by atoms with Gasteiger partial charge in [0.25, 0.3) is 0 Å². The van der Waals surface area contributed by atoms with Gasteiger partial charge in [-0.2, -0.15) is 0 Å². The molecule has 0 bridgehead atoms. The SMILES string of the molecule is CC1(Nc2ccc(Cl)c(C(=O)O)n2)CCOCC1. The maximum Gasteiger partial charge on any atom is 0.356 e. The zero-order valence-electron chi connectivity index (χ0n) is 10.1. The van der Waals surface area contributed by atoms with Crippen molar-refractivity contribution in [2.75, 3.05) is 18.5 Å². The van der Waals surface area contributed by atoms with Crippen LogP contribution in [0.2, 0.25) is 5.02 Å². The summed E-state index contributed by atoms with van der Waals surface area (Å²) in [5.41, 5.74) is -0.244. The molecule has 0 amide bonds. The van der Waals surface area contributed by atoms with Gasteiger partial charge in [0.15, 0.2) is 5.69 Å². The number of rotatable bonds is 3. The number of carbonyl (C=O) groups is 1. The van der Waals surface area contributed by atoms with Crippen LogP contribution in [0.3, 0.4) is 0 Å². The van der Waals surface area contributed by atoms with E-state index >= 15 is 0 Å². The molecular formula is C12H15ClN2O3. The summed E-state index contributed by atoms with van der Waals surface area (Å²) >= 11 is 5.78. The molecule has 0 unspecified atom stereocenters. The zero-order chi connectivity index (χ0) is 13.2. The van der Waals surface area contributed by atoms with E-state index in [1.54, 1.807) is 12.1 Å². The predicted octanol–water partition coefficient (Wildman–Crippen LogP) is 2.41. The summed E-state index contributed by atoms with van der Waals surface area (Å²) in [4.78, 5) is 15.0. The first-order chi connectivity index (χ1) is 8.50. The number of carboxylic acids is 1. The van der Waals surface area contributed by atoms with Crippen LogP contribution in [-0.2, 0) is 4.74 Å². The standard InChI is InChI=1S/C12H15ClN2O3/c1-12(4-6-18-7-5-12)15-9-3-2-8(13)10(14-9)11(16)17/h2-3H,4-7H2,1H3,(H,14,15)(H,16,17). The minimum Gasteiger partial charge on any atom is -0.476 e. The Labute approximate surface area is 110 Å². The Kier molecular flexibility index (Phi) is 3.73. The van der Waals surface area contributed by atoms with Crippen LogP contribution in [0.5, 0.6) is 0 Å². The second-order valence-electron chi connectivity index (χ2n) is 4.63. The van der Waals surface area contributed by atoms with Crippen molar-refractivity contribution in [1.82, 2.24) is 4.98 Å². The lowest BCUT2D eigenvalue weighted by Crippen LogP contribution is -2.40. The lowest BCUT2D eigenvalue weighted by molar-refractivity contribution is 0.0653. The molecule has 2 heterocycles. The molecule has 0 aromatic carbocycles. The molecule has 1 aromatic heterocycles. The van der Waals surface area contributed by atoms with Crippen LogP contribution in [0.15, 0.2) is 12.1 Å². The normalized spacial score (nSPS) is 18.3. The second kappa shape index (κ2) is 5.12. The lowest BCUT2D eigenvalue weighted by Gasteiger charge is -2.35. The molecule has 1 aliphatic heterocycles. The summed E-state index contributed by atoms with van der Waals surface area (Å²) in [7, 11) is 0. The molecular weight excluding hydrogens is 256 g/mol. The summed E-state index contributed by atoms with van der Waals surface area (Å²) in [6, 6.07) is 3.23. The highest BCUT2D eigenvalue weighted by Crippen LogP contribution is 2.25. The van der Waals surface area contributed by atoms with Crippen LogP contribution < -0.4 is 5.32 Å². The van der Waals surface area contributed by atoms with Gasteiger partial charge in [-0.05, 0) is 31.9 Å². The molecule has 18 heavy (non-hydrogen) atoms. The third-order valence-corrected chi connectivity index (χ3v) is 3.38. The van der Waals surface area contributed by atoms with E-state index in [0.29, 0.717) is 19.0 Å². The minimum absolute atomic E-state index is 0.116. The van der Waals surface area contributed by atoms with Crippen molar-refractivity contribution in [3.8, 4) is 0 Å². The van der Waals surface area contributed by atoms with Gasteiger partial charge in [-0.1, -0.05) is 11.6 Å². The fraction of sp³-hybridized carbons (Fsp3) is 0.500. The quantitative estimate of drug-likeness (QED) is 0.883. The summed E-state index contributed by atoms with van der Waals surface area (Å²) in [6.07, 6.45) is 1.72. The van der Waals surface area contributed by atoms with Crippen molar-refractivity contribution in [2.45, 2.75) is 25.3 Å². The van der Waals surface area contributed by atoms with Gasteiger partial charge in [-0.25, -0.2) is 9.78 Å². The molecule has 0 atom stereocenters. The molecule has 1 aromatic rings. The third kappa shape index (κ3) is 2.91. The number of halogens is 1. The highest BCUT2D eigenvalue weighted by Gasteiger charge is 2.27. The van der Waals surface area contributed by atoms with Gasteiger partial charge in [0.05, 0.1) is 5.02 Å². The predicted molar refractivity (Wildman–Crippen MR) is 68.3 cm³/mol. The monoisotopic (exact) mass is 270 g/mol. The van der Waals surface area contributed by atoms with Crippen LogP contribution in [0.25, 0.3) is 0 Å². The van der Waals surface area contributed by atoms with E-state index < -0.39 is 5.97 Å². The van der Waals surface area contributed by atoms with Crippen molar-refractivity contribution in [1.29, 1.82) is 0 Å². The lowest BCUT2D eigenvalue weighted by atomic mass is 9.92. The van der Waals surface area contributed by atoms with Gasteiger partial charge in [0.2, 0.25) is 0 Å². The Morgan fingerprint density at radius 2 is 2.17 bits per heavy atom. The highest BCUT2D eigenvalue weighted by atomic mass is 35.5. The average Bonchev–Trinajstić information content (AvgIpc) is 2.32. The second-order valence-corrected chi connectivity index (χ2v) is 5.04. The molecule has 5 nitrogen and oxygen atoms in total. The summed E-state index contributed by atoms with van der Waals surface area (Å²) in [5, 5.41) is 12.4. The molecule has 0 spiro atoms. The average molecular weight is 271 g/mol. The zero-order valence-corrected chi connectivity index (χ0v) is 10.8. The number of nitrogens with one attached hydrogen (secondary N) is 1. The van der Waals surface area contributed by atoms with Crippen molar-refractivity contribution in [3.63, 3.8) is 0 Å². The maximum absolute atomic E-state index is 11.0. The van der Waals surface area contributed by atoms with Crippen LogP contribution >= 0.6 is 11.6 Å². The number of aromatic nitrogens is 1. The summed E-state index contributed by atoms with van der Waals surface area (Å²) in [6.45, 7) is 3.47. The minimum atomic E-state index is -1.12. The van der Waals surface area contributed by atoms with Crippen molar-refractivity contribution >= 4 is 23.4 Å². The van der Waals surface area contributed by atoms with Crippen LogP contribution in [0, 0.1) is 0 Å². The Bertz CT molecular complexity index is 459. The topological polar surface area (TPSA) is 71.5 Å². The van der Waals surface area contributed by atoms with Gasteiger partial charge < -0.3 is 15.2 Å². The van der Waals surface area contributed by atoms with E-state index in [-0.39, 0.29) is 16.3 Å². The van der Waals surface area contributed by atoms with Gasteiger partial charge in [-0.15, -0.1) is 0 Å². The van der Waals surface area contributed by atoms with Gasteiger partial charge >= 0.3 is 5.97 Å². The third-order valence-electron chi connectivity index (χ3n) is 3.07. The number of nitrogens with zero attached hydrogens (tertiary/aromatic N) is 1. The van der Waals surface area contributed by atoms with E-state index in [1.807, 2.05) is 0 Å². The number of hydrogen-bond acceptors (Lipinski definition) is 4. The number of anilines is 1. The molecule has 2 N–H and O–H groups in total. The summed E-state index contributed by atoms with van der Waals surface area (Å²) < 4.78 is 5.31. The summed E-state index contributed by atoms with van der Waals surface area (Å²) in [5.74, 6) is -0.595. The molecule has 1 saturated heterocycles. The molecule has 1 fully saturated rings. The molecule has 2 rings (SSSR count). The number of pyridine rings is 1. The van der Waals surface area contributed by atoms with E-state index in [1.165, 1.54) is 0 Å². The van der Waals surface area contributed by atoms with Crippen LogP contribution in [0.1, 0.15) is 30.3 Å². The molecule has 6 heteroatoms. The Hall–Kier alpha value is -1.33. The van der Waals surface area contributed by atoms with Crippen LogP contribution in [0.4, 0.5) is 5.82 Å². The number of aromatic carboxylic acids is 1. The fourth-order valence-electron chi connectivity index (χ4n) is 1.92. The van der Waals surface area contributed by atoms with Gasteiger partial charge in [-0.3, -0.25) is 0 Å². The fourth-order valence-corrected chi connectivity index (χ4v) is 2.10. The van der Waals surface area contributed by atoms with Crippen LogP contribution in [-0.4, -0.2) is 34.8 Å². The highest BCUT2D eigenvalue weighted by molar-refractivity contribution is 6.33. The molecule has 98 valence electrons. The first-order valence-electron chi connectivity index (χ1n) is 5.76. The van der Waals surface area contributed by atoms with Crippen molar-refractivity contribution in [3.05, 3.63) is 22.8 Å². The first kappa shape index (κ1) is 13.1. The maximum atomic E-state index is 11.0. The van der Waals surface area contributed by atoms with Crippen molar-refractivity contribution < 1.29 is 14.6 Å². The number of carboxylic acid groups (broad SMARTS) is 1. The smallest absolute Gasteiger partial charge is 0.356 e. The van der Waals surface area contributed by atoms with E-state index in [2.05, 4.69) is 17.2 Å². The Balaban J connectivity index is 2.18.